The van der Waals surface area contributed by atoms with Crippen LogP contribution < -0.4 is 16.0 Å². The third-order valence-electron chi connectivity index (χ3n) is 3.67. The zero-order valence-electron chi connectivity index (χ0n) is 11.3. The van der Waals surface area contributed by atoms with Crippen molar-refractivity contribution in [2.75, 3.05) is 13.6 Å². The Morgan fingerprint density at radius 1 is 1.25 bits per heavy atom. The predicted molar refractivity (Wildman–Crippen MR) is 80.3 cm³/mol. The van der Waals surface area contributed by atoms with Gasteiger partial charge in [-0.2, -0.15) is 0 Å². The molecular weight excluding hydrogens is 322 g/mol. The van der Waals surface area contributed by atoms with Crippen molar-refractivity contribution < 1.29 is 9.59 Å². The highest BCUT2D eigenvalue weighted by Crippen LogP contribution is 2.41. The van der Waals surface area contributed by atoms with E-state index < -0.39 is 6.03 Å². The molecular formula is C14H18BrN3O2. The first-order valence-corrected chi connectivity index (χ1v) is 7.38. The van der Waals surface area contributed by atoms with Crippen LogP contribution in [0.2, 0.25) is 0 Å². The highest BCUT2D eigenvalue weighted by Gasteiger charge is 2.38. The lowest BCUT2D eigenvalue weighted by molar-refractivity contribution is -0.119. The van der Waals surface area contributed by atoms with E-state index in [1.54, 1.807) is 0 Å². The molecule has 0 aromatic heterocycles. The molecule has 6 heteroatoms. The highest BCUT2D eigenvalue weighted by atomic mass is 79.9. The first kappa shape index (κ1) is 15.0. The van der Waals surface area contributed by atoms with Crippen molar-refractivity contribution in [1.82, 2.24) is 16.0 Å². The summed E-state index contributed by atoms with van der Waals surface area (Å²) in [4.78, 5) is 22.7. The lowest BCUT2D eigenvalue weighted by atomic mass is 9.72. The lowest BCUT2D eigenvalue weighted by Crippen LogP contribution is -2.52. The molecule has 1 aliphatic carbocycles. The number of imide groups is 1. The lowest BCUT2D eigenvalue weighted by Gasteiger charge is -2.43. The number of nitrogens with one attached hydrogen (secondary N) is 3. The second kappa shape index (κ2) is 6.37. The van der Waals surface area contributed by atoms with E-state index in [0.29, 0.717) is 0 Å². The maximum absolute atomic E-state index is 11.6. The molecule has 0 saturated heterocycles. The van der Waals surface area contributed by atoms with Crippen LogP contribution in [-0.2, 0) is 10.3 Å². The molecule has 0 spiro atoms. The van der Waals surface area contributed by atoms with Crippen molar-refractivity contribution >= 4 is 27.9 Å². The second-order valence-electron chi connectivity index (χ2n) is 4.92. The van der Waals surface area contributed by atoms with Gasteiger partial charge in [0.2, 0.25) is 5.91 Å². The molecule has 20 heavy (non-hydrogen) atoms. The molecule has 0 bridgehead atoms. The average Bonchev–Trinajstić information content (AvgIpc) is 2.39. The van der Waals surface area contributed by atoms with Crippen molar-refractivity contribution in [3.63, 3.8) is 0 Å². The van der Waals surface area contributed by atoms with Crippen molar-refractivity contribution in [1.29, 1.82) is 0 Å². The molecule has 1 aliphatic rings. The van der Waals surface area contributed by atoms with Crippen LogP contribution in [0.4, 0.5) is 4.79 Å². The Labute approximate surface area is 126 Å². The van der Waals surface area contributed by atoms with Crippen LogP contribution >= 0.6 is 15.9 Å². The maximum atomic E-state index is 11.6. The molecule has 1 saturated carbocycles. The molecule has 108 valence electrons. The Morgan fingerprint density at radius 2 is 1.90 bits per heavy atom. The number of amides is 3. The molecule has 3 amide bonds. The number of halogens is 1. The number of urea groups is 1. The summed E-state index contributed by atoms with van der Waals surface area (Å²) in [7, 11) is 1.48. The third kappa shape index (κ3) is 3.37. The van der Waals surface area contributed by atoms with Gasteiger partial charge in [-0.25, -0.2) is 4.79 Å². The van der Waals surface area contributed by atoms with Crippen molar-refractivity contribution in [3.8, 4) is 0 Å². The SMILES string of the molecule is CNC(=O)NC(=O)CNC1(c2ccc(Br)cc2)CCC1. The van der Waals surface area contributed by atoms with Gasteiger partial charge in [-0.05, 0) is 37.0 Å². The Bertz CT molecular complexity index is 498. The summed E-state index contributed by atoms with van der Waals surface area (Å²) in [6, 6.07) is 7.64. The summed E-state index contributed by atoms with van der Waals surface area (Å²) in [5, 5.41) is 7.90. The highest BCUT2D eigenvalue weighted by molar-refractivity contribution is 9.10. The van der Waals surface area contributed by atoms with E-state index in [0.717, 1.165) is 23.7 Å². The summed E-state index contributed by atoms with van der Waals surface area (Å²) >= 11 is 3.42. The van der Waals surface area contributed by atoms with E-state index in [1.807, 2.05) is 12.1 Å². The Balaban J connectivity index is 1.97. The van der Waals surface area contributed by atoms with Crippen LogP contribution in [0.15, 0.2) is 28.7 Å². The van der Waals surface area contributed by atoms with Crippen LogP contribution in [0.5, 0.6) is 0 Å². The van der Waals surface area contributed by atoms with Gasteiger partial charge in [0, 0.05) is 17.1 Å². The first-order valence-electron chi connectivity index (χ1n) is 6.58. The van der Waals surface area contributed by atoms with Gasteiger partial charge >= 0.3 is 6.03 Å². The molecule has 0 aliphatic heterocycles. The van der Waals surface area contributed by atoms with Crippen molar-refractivity contribution in [3.05, 3.63) is 34.3 Å². The second-order valence-corrected chi connectivity index (χ2v) is 5.84. The number of benzene rings is 1. The van der Waals surface area contributed by atoms with Crippen molar-refractivity contribution in [2.24, 2.45) is 0 Å². The molecule has 1 aromatic rings. The largest absolute Gasteiger partial charge is 0.341 e. The zero-order valence-corrected chi connectivity index (χ0v) is 12.9. The van der Waals surface area contributed by atoms with E-state index in [9.17, 15) is 9.59 Å². The average molecular weight is 340 g/mol. The van der Waals surface area contributed by atoms with Gasteiger partial charge < -0.3 is 5.32 Å². The number of carbonyl (C=O) groups is 2. The molecule has 1 fully saturated rings. The van der Waals surface area contributed by atoms with Crippen LogP contribution in [0, 0.1) is 0 Å². The normalized spacial score (nSPS) is 16.1. The Kier molecular flexibility index (Phi) is 4.77. The quantitative estimate of drug-likeness (QED) is 0.784. The fourth-order valence-electron chi connectivity index (χ4n) is 2.35. The predicted octanol–water partition coefficient (Wildman–Crippen LogP) is 1.87. The van der Waals surface area contributed by atoms with E-state index in [2.05, 4.69) is 44.0 Å². The summed E-state index contributed by atoms with van der Waals surface area (Å²) in [5.74, 6) is -0.326. The summed E-state index contributed by atoms with van der Waals surface area (Å²) in [6.45, 7) is 0.128. The van der Waals surface area contributed by atoms with E-state index in [1.165, 1.54) is 12.6 Å². The molecule has 0 radical (unpaired) electrons. The minimum atomic E-state index is -0.483. The van der Waals surface area contributed by atoms with Crippen LogP contribution in [-0.4, -0.2) is 25.5 Å². The fraction of sp³-hybridized carbons (Fsp3) is 0.429. The minimum Gasteiger partial charge on any atom is -0.341 e. The first-order chi connectivity index (χ1) is 9.55. The standard InChI is InChI=1S/C14H18BrN3O2/c1-16-13(20)18-12(19)9-17-14(7-2-8-14)10-3-5-11(15)6-4-10/h3-6,17H,2,7-9H2,1H3,(H2,16,18,19,20). The topological polar surface area (TPSA) is 70.2 Å². The van der Waals surface area contributed by atoms with Crippen LogP contribution in [0.1, 0.15) is 24.8 Å². The Hall–Kier alpha value is -1.40. The van der Waals surface area contributed by atoms with Gasteiger partial charge in [-0.1, -0.05) is 28.1 Å². The zero-order chi connectivity index (χ0) is 14.6. The third-order valence-corrected chi connectivity index (χ3v) is 4.20. The van der Waals surface area contributed by atoms with Gasteiger partial charge in [0.15, 0.2) is 0 Å². The van der Waals surface area contributed by atoms with Gasteiger partial charge in [-0.3, -0.25) is 15.4 Å². The van der Waals surface area contributed by atoms with Gasteiger partial charge in [0.05, 0.1) is 6.54 Å². The monoisotopic (exact) mass is 339 g/mol. The van der Waals surface area contributed by atoms with Crippen molar-refractivity contribution in [2.45, 2.75) is 24.8 Å². The van der Waals surface area contributed by atoms with Gasteiger partial charge in [0.25, 0.3) is 0 Å². The number of carbonyl (C=O) groups excluding carboxylic acids is 2. The molecule has 2 rings (SSSR count). The Morgan fingerprint density at radius 3 is 2.40 bits per heavy atom. The molecule has 3 N–H and O–H groups in total. The van der Waals surface area contributed by atoms with E-state index in [4.69, 9.17) is 0 Å². The number of rotatable bonds is 4. The molecule has 1 aromatic carbocycles. The molecule has 0 atom stereocenters. The summed E-state index contributed by atoms with van der Waals surface area (Å²) in [5.41, 5.74) is 1.04. The fourth-order valence-corrected chi connectivity index (χ4v) is 2.61. The van der Waals surface area contributed by atoms with Crippen LogP contribution in [0.25, 0.3) is 0 Å². The molecule has 0 unspecified atom stereocenters. The number of hydrogen-bond donors (Lipinski definition) is 3. The van der Waals surface area contributed by atoms with Gasteiger partial charge in [-0.15, -0.1) is 0 Å². The summed E-state index contributed by atoms with van der Waals surface area (Å²) in [6.07, 6.45) is 3.14. The number of hydrogen-bond acceptors (Lipinski definition) is 3. The van der Waals surface area contributed by atoms with E-state index in [-0.39, 0.29) is 18.0 Å². The maximum Gasteiger partial charge on any atom is 0.321 e. The van der Waals surface area contributed by atoms with Gasteiger partial charge in [0.1, 0.15) is 0 Å². The minimum absolute atomic E-state index is 0.128. The molecule has 5 nitrogen and oxygen atoms in total. The smallest absolute Gasteiger partial charge is 0.321 e. The summed E-state index contributed by atoms with van der Waals surface area (Å²) < 4.78 is 1.04. The van der Waals surface area contributed by atoms with Crippen LogP contribution in [0.3, 0.4) is 0 Å². The molecule has 0 heterocycles. The van der Waals surface area contributed by atoms with E-state index >= 15 is 0 Å².